The molecule has 2 aromatic rings. The van der Waals surface area contributed by atoms with Gasteiger partial charge in [-0.25, -0.2) is 4.79 Å². The summed E-state index contributed by atoms with van der Waals surface area (Å²) in [6.45, 7) is 2.21. The van der Waals surface area contributed by atoms with Crippen LogP contribution in [0.15, 0.2) is 65.1 Å². The molecule has 114 valence electrons. The second-order valence-corrected chi connectivity index (χ2v) is 5.83. The number of carbonyl (C=O) groups is 1. The van der Waals surface area contributed by atoms with E-state index in [1.54, 1.807) is 6.08 Å². The number of benzene rings is 2. The molecule has 0 heterocycles. The number of esters is 1. The van der Waals surface area contributed by atoms with Crippen LogP contribution in [0, 0.1) is 0 Å². The van der Waals surface area contributed by atoms with E-state index in [1.807, 2.05) is 49.4 Å². The van der Waals surface area contributed by atoms with E-state index in [0.29, 0.717) is 6.61 Å². The highest BCUT2D eigenvalue weighted by Crippen LogP contribution is 2.21. The third-order valence-corrected chi connectivity index (χ3v) is 3.85. The van der Waals surface area contributed by atoms with Gasteiger partial charge in [0.15, 0.2) is 0 Å². The van der Waals surface area contributed by atoms with Crippen molar-refractivity contribution >= 4 is 27.5 Å². The fourth-order valence-corrected chi connectivity index (χ4v) is 2.47. The Hall–Kier alpha value is -1.87. The van der Waals surface area contributed by atoms with Crippen molar-refractivity contribution in [1.82, 2.24) is 0 Å². The van der Waals surface area contributed by atoms with Crippen LogP contribution in [0.1, 0.15) is 24.5 Å². The Morgan fingerprint density at radius 3 is 2.41 bits per heavy atom. The van der Waals surface area contributed by atoms with Crippen molar-refractivity contribution < 1.29 is 9.53 Å². The molecule has 0 N–H and O–H groups in total. The van der Waals surface area contributed by atoms with E-state index >= 15 is 0 Å². The first-order valence-electron chi connectivity index (χ1n) is 7.36. The zero-order valence-electron chi connectivity index (χ0n) is 12.6. The van der Waals surface area contributed by atoms with E-state index in [-0.39, 0.29) is 5.97 Å². The summed E-state index contributed by atoms with van der Waals surface area (Å²) in [7, 11) is 0. The lowest BCUT2D eigenvalue weighted by atomic mass is 9.98. The molecule has 3 heteroatoms. The van der Waals surface area contributed by atoms with Crippen LogP contribution in [-0.2, 0) is 16.0 Å². The molecule has 2 rings (SSSR count). The van der Waals surface area contributed by atoms with Gasteiger partial charge in [-0.1, -0.05) is 58.4 Å². The minimum Gasteiger partial charge on any atom is -0.463 e. The van der Waals surface area contributed by atoms with Gasteiger partial charge < -0.3 is 4.74 Å². The molecule has 0 spiro atoms. The largest absolute Gasteiger partial charge is 0.463 e. The highest BCUT2D eigenvalue weighted by Gasteiger charge is 2.06. The Balaban J connectivity index is 2.14. The minimum atomic E-state index is -0.280. The van der Waals surface area contributed by atoms with Gasteiger partial charge in [-0.3, -0.25) is 0 Å². The van der Waals surface area contributed by atoms with Crippen LogP contribution in [0.25, 0.3) is 5.57 Å². The molecule has 2 aromatic carbocycles. The summed E-state index contributed by atoms with van der Waals surface area (Å²) < 4.78 is 6.11. The lowest BCUT2D eigenvalue weighted by molar-refractivity contribution is -0.137. The average Bonchev–Trinajstić information content (AvgIpc) is 2.54. The van der Waals surface area contributed by atoms with Gasteiger partial charge in [-0.2, -0.15) is 0 Å². The molecule has 0 aromatic heterocycles. The molecule has 0 aliphatic rings. The predicted molar refractivity (Wildman–Crippen MR) is 93.5 cm³/mol. The zero-order chi connectivity index (χ0) is 15.8. The van der Waals surface area contributed by atoms with Gasteiger partial charge in [0, 0.05) is 10.5 Å². The maximum atomic E-state index is 11.8. The van der Waals surface area contributed by atoms with Gasteiger partial charge in [-0.15, -0.1) is 0 Å². The van der Waals surface area contributed by atoms with Crippen molar-refractivity contribution in [2.24, 2.45) is 0 Å². The molecule has 0 fully saturated rings. The molecule has 0 radical (unpaired) electrons. The Morgan fingerprint density at radius 2 is 1.77 bits per heavy atom. The standard InChI is InChI=1S/C19H19BrO2/c1-2-22-19(21)14-17(16-6-4-3-5-7-16)11-8-15-9-12-18(20)13-10-15/h3-7,9-10,12-14H,2,8,11H2,1H3/b17-14-. The normalized spacial score (nSPS) is 11.3. The molecule has 0 aliphatic carbocycles. The van der Waals surface area contributed by atoms with E-state index in [9.17, 15) is 4.79 Å². The molecular weight excluding hydrogens is 340 g/mol. The minimum absolute atomic E-state index is 0.280. The first-order valence-corrected chi connectivity index (χ1v) is 8.15. The van der Waals surface area contributed by atoms with Crippen molar-refractivity contribution in [1.29, 1.82) is 0 Å². The Labute approximate surface area is 139 Å². The number of aryl methyl sites for hydroxylation is 1. The van der Waals surface area contributed by atoms with Crippen LogP contribution in [0.5, 0.6) is 0 Å². The summed E-state index contributed by atoms with van der Waals surface area (Å²) in [4.78, 5) is 11.8. The van der Waals surface area contributed by atoms with Crippen molar-refractivity contribution in [3.8, 4) is 0 Å². The fourth-order valence-electron chi connectivity index (χ4n) is 2.21. The van der Waals surface area contributed by atoms with E-state index < -0.39 is 0 Å². The van der Waals surface area contributed by atoms with E-state index in [2.05, 4.69) is 28.1 Å². The van der Waals surface area contributed by atoms with Crippen LogP contribution in [-0.4, -0.2) is 12.6 Å². The second-order valence-electron chi connectivity index (χ2n) is 4.91. The third kappa shape index (κ3) is 5.15. The van der Waals surface area contributed by atoms with E-state index in [0.717, 1.165) is 28.5 Å². The summed E-state index contributed by atoms with van der Waals surface area (Å²) in [5.74, 6) is -0.280. The molecule has 0 aliphatic heterocycles. The number of rotatable bonds is 6. The molecule has 0 bridgehead atoms. The lowest BCUT2D eigenvalue weighted by Gasteiger charge is -2.08. The number of ether oxygens (including phenoxy) is 1. The van der Waals surface area contributed by atoms with Gasteiger partial charge in [0.2, 0.25) is 0 Å². The highest BCUT2D eigenvalue weighted by atomic mass is 79.9. The van der Waals surface area contributed by atoms with Crippen molar-refractivity contribution in [2.75, 3.05) is 6.61 Å². The van der Waals surface area contributed by atoms with Crippen molar-refractivity contribution in [2.45, 2.75) is 19.8 Å². The molecule has 0 saturated heterocycles. The SMILES string of the molecule is CCOC(=O)/C=C(/CCc1ccc(Br)cc1)c1ccccc1. The monoisotopic (exact) mass is 358 g/mol. The van der Waals surface area contributed by atoms with Crippen LogP contribution in [0.4, 0.5) is 0 Å². The predicted octanol–water partition coefficient (Wildman–Crippen LogP) is 5.03. The summed E-state index contributed by atoms with van der Waals surface area (Å²) in [6.07, 6.45) is 3.29. The smallest absolute Gasteiger partial charge is 0.331 e. The summed E-state index contributed by atoms with van der Waals surface area (Å²) in [5.41, 5.74) is 3.31. The Bertz CT molecular complexity index is 630. The number of halogens is 1. The van der Waals surface area contributed by atoms with Crippen LogP contribution >= 0.6 is 15.9 Å². The Kier molecular flexibility index (Phi) is 6.41. The quantitative estimate of drug-likeness (QED) is 0.534. The van der Waals surface area contributed by atoms with Crippen molar-refractivity contribution in [3.63, 3.8) is 0 Å². The van der Waals surface area contributed by atoms with E-state index in [4.69, 9.17) is 4.74 Å². The third-order valence-electron chi connectivity index (χ3n) is 3.32. The molecule has 0 saturated carbocycles. The molecule has 0 atom stereocenters. The van der Waals surface area contributed by atoms with Gasteiger partial charge in [-0.05, 0) is 48.6 Å². The topological polar surface area (TPSA) is 26.3 Å². The van der Waals surface area contributed by atoms with E-state index in [1.165, 1.54) is 5.56 Å². The fraction of sp³-hybridized carbons (Fsp3) is 0.211. The zero-order valence-corrected chi connectivity index (χ0v) is 14.2. The highest BCUT2D eigenvalue weighted by molar-refractivity contribution is 9.10. The summed E-state index contributed by atoms with van der Waals surface area (Å²) in [5, 5.41) is 0. The number of allylic oxidation sites excluding steroid dienone is 1. The van der Waals surface area contributed by atoms with Crippen molar-refractivity contribution in [3.05, 3.63) is 76.3 Å². The number of hydrogen-bond donors (Lipinski definition) is 0. The molecule has 0 amide bonds. The van der Waals surface area contributed by atoms with Gasteiger partial charge >= 0.3 is 5.97 Å². The number of hydrogen-bond acceptors (Lipinski definition) is 2. The molecule has 2 nitrogen and oxygen atoms in total. The molecule has 22 heavy (non-hydrogen) atoms. The second kappa shape index (κ2) is 8.54. The molecular formula is C19H19BrO2. The molecule has 0 unspecified atom stereocenters. The average molecular weight is 359 g/mol. The van der Waals surface area contributed by atoms with Gasteiger partial charge in [0.1, 0.15) is 0 Å². The summed E-state index contributed by atoms with van der Waals surface area (Å²) >= 11 is 3.44. The first-order chi connectivity index (χ1) is 10.7. The van der Waals surface area contributed by atoms with Crippen LogP contribution in [0.2, 0.25) is 0 Å². The maximum absolute atomic E-state index is 11.8. The maximum Gasteiger partial charge on any atom is 0.331 e. The van der Waals surface area contributed by atoms with Crippen LogP contribution in [0.3, 0.4) is 0 Å². The van der Waals surface area contributed by atoms with Crippen LogP contribution < -0.4 is 0 Å². The summed E-state index contributed by atoms with van der Waals surface area (Å²) in [6, 6.07) is 18.2. The number of carbonyl (C=O) groups excluding carboxylic acids is 1. The first kappa shape index (κ1) is 16.5. The van der Waals surface area contributed by atoms with Gasteiger partial charge in [0.25, 0.3) is 0 Å². The lowest BCUT2D eigenvalue weighted by Crippen LogP contribution is -2.01. The Morgan fingerprint density at radius 1 is 1.09 bits per heavy atom. The van der Waals surface area contributed by atoms with Gasteiger partial charge in [0.05, 0.1) is 6.61 Å².